The molecule has 0 spiro atoms. The molecule has 0 amide bonds. The summed E-state index contributed by atoms with van der Waals surface area (Å²) in [5.41, 5.74) is 8.94. The summed E-state index contributed by atoms with van der Waals surface area (Å²) in [6.45, 7) is 3.63. The molecule has 0 atom stereocenters. The van der Waals surface area contributed by atoms with Gasteiger partial charge in [0.15, 0.2) is 0 Å². The maximum Gasteiger partial charge on any atom is 0.352 e. The number of hydrogen-bond donors (Lipinski definition) is 3. The van der Waals surface area contributed by atoms with Crippen LogP contribution in [0.25, 0.3) is 0 Å². The van der Waals surface area contributed by atoms with E-state index in [9.17, 15) is 4.79 Å². The molecule has 4 nitrogen and oxygen atoms in total. The average Bonchev–Trinajstić information content (AvgIpc) is 2.53. The monoisotopic (exact) mass is 326 g/mol. The van der Waals surface area contributed by atoms with Crippen LogP contribution in [0.4, 0.5) is 5.69 Å². The molecule has 2 rings (SSSR count). The minimum atomic E-state index is -1.17. The second-order valence-corrected chi connectivity index (χ2v) is 5.64. The molecule has 0 aliphatic rings. The van der Waals surface area contributed by atoms with Gasteiger partial charge in [0.05, 0.1) is 11.4 Å². The van der Waals surface area contributed by atoms with Crippen LogP contribution in [0.1, 0.15) is 18.1 Å². The molecule has 0 saturated carbocycles. The van der Waals surface area contributed by atoms with E-state index in [0.29, 0.717) is 17.0 Å². The van der Waals surface area contributed by atoms with Gasteiger partial charge in [0.1, 0.15) is 5.70 Å². The summed E-state index contributed by atoms with van der Waals surface area (Å²) in [6, 6.07) is 15.0. The first-order valence-corrected chi connectivity index (χ1v) is 7.48. The number of benzene rings is 2. The lowest BCUT2D eigenvalue weighted by molar-refractivity contribution is -0.132. The molecule has 0 aliphatic heterocycles. The first-order valence-electron chi connectivity index (χ1n) is 7.04. The van der Waals surface area contributed by atoms with Crippen LogP contribution in [0.15, 0.2) is 69.7 Å². The van der Waals surface area contributed by atoms with E-state index in [4.69, 9.17) is 10.8 Å². The first-order chi connectivity index (χ1) is 10.9. The molecule has 2 aromatic carbocycles. The second-order valence-electron chi connectivity index (χ2n) is 5.16. The number of carboxylic acid groups (broad SMARTS) is 1. The molecule has 0 heterocycles. The van der Waals surface area contributed by atoms with E-state index >= 15 is 0 Å². The van der Waals surface area contributed by atoms with Gasteiger partial charge in [-0.25, -0.2) is 9.79 Å². The Balaban J connectivity index is 2.65. The maximum atomic E-state index is 11.2. The summed E-state index contributed by atoms with van der Waals surface area (Å²) in [5.74, 6) is -1.17. The number of hydrogen-bond acceptors (Lipinski definition) is 4. The van der Waals surface area contributed by atoms with Gasteiger partial charge in [-0.15, -0.1) is 12.6 Å². The standard InChI is InChI=1S/C18H18N2O2S/c1-11-8-9-14(15(23)10-11)20-17(12(2)16(19)18(21)22)13-6-4-3-5-7-13/h3-10,23H,19H2,1-2H3,(H,21,22)/b16-12-,20-17?. The minimum absolute atomic E-state index is 0.222. The Bertz CT molecular complexity index is 796. The topological polar surface area (TPSA) is 75.7 Å². The quantitative estimate of drug-likeness (QED) is 0.455. The lowest BCUT2D eigenvalue weighted by atomic mass is 10.0. The molecule has 0 bridgehead atoms. The lowest BCUT2D eigenvalue weighted by Crippen LogP contribution is -2.17. The zero-order valence-corrected chi connectivity index (χ0v) is 13.8. The fourth-order valence-electron chi connectivity index (χ4n) is 2.10. The highest BCUT2D eigenvalue weighted by Gasteiger charge is 2.14. The van der Waals surface area contributed by atoms with Gasteiger partial charge in [0.25, 0.3) is 0 Å². The molecule has 0 aliphatic carbocycles. The van der Waals surface area contributed by atoms with Gasteiger partial charge >= 0.3 is 5.97 Å². The predicted octanol–water partition coefficient (Wildman–Crippen LogP) is 3.72. The van der Waals surface area contributed by atoms with Crippen molar-refractivity contribution in [3.05, 3.63) is 70.9 Å². The predicted molar refractivity (Wildman–Crippen MR) is 95.6 cm³/mol. The van der Waals surface area contributed by atoms with Crippen LogP contribution < -0.4 is 5.73 Å². The third-order valence-corrected chi connectivity index (χ3v) is 3.76. The highest BCUT2D eigenvalue weighted by atomic mass is 32.1. The number of aliphatic imine (C=N–C) groups is 1. The Morgan fingerprint density at radius 3 is 2.39 bits per heavy atom. The van der Waals surface area contributed by atoms with Crippen LogP contribution in [0.5, 0.6) is 0 Å². The van der Waals surface area contributed by atoms with Gasteiger partial charge in [-0.1, -0.05) is 36.4 Å². The SMILES string of the molecule is C/C(C(=Nc1ccc(C)cc1S)c1ccccc1)=C(/N)C(=O)O. The zero-order chi connectivity index (χ0) is 17.0. The number of nitrogens with two attached hydrogens (primary N) is 1. The van der Waals surface area contributed by atoms with Crippen LogP contribution in [-0.2, 0) is 4.79 Å². The Kier molecular flexibility index (Phi) is 5.24. The summed E-state index contributed by atoms with van der Waals surface area (Å²) >= 11 is 4.44. The van der Waals surface area contributed by atoms with Crippen molar-refractivity contribution in [3.8, 4) is 0 Å². The summed E-state index contributed by atoms with van der Waals surface area (Å²) in [5, 5.41) is 9.15. The van der Waals surface area contributed by atoms with Crippen molar-refractivity contribution >= 4 is 30.0 Å². The smallest absolute Gasteiger partial charge is 0.352 e. The molecular formula is C18H18N2O2S. The van der Waals surface area contributed by atoms with Crippen molar-refractivity contribution in [2.45, 2.75) is 18.7 Å². The van der Waals surface area contributed by atoms with Gasteiger partial charge in [-0.3, -0.25) is 0 Å². The minimum Gasteiger partial charge on any atom is -0.477 e. The fraction of sp³-hybridized carbons (Fsp3) is 0.111. The molecule has 5 heteroatoms. The number of thiol groups is 1. The van der Waals surface area contributed by atoms with Gasteiger partial charge in [-0.05, 0) is 31.5 Å². The van der Waals surface area contributed by atoms with E-state index in [1.165, 1.54) is 0 Å². The highest BCUT2D eigenvalue weighted by molar-refractivity contribution is 7.80. The Labute approximate surface area is 140 Å². The number of aryl methyl sites for hydroxylation is 1. The van der Waals surface area contributed by atoms with E-state index < -0.39 is 5.97 Å². The van der Waals surface area contributed by atoms with Crippen molar-refractivity contribution in [1.82, 2.24) is 0 Å². The average molecular weight is 326 g/mol. The summed E-state index contributed by atoms with van der Waals surface area (Å²) in [6.07, 6.45) is 0. The number of nitrogens with zero attached hydrogens (tertiary/aromatic N) is 1. The number of carbonyl (C=O) groups is 1. The Morgan fingerprint density at radius 1 is 1.17 bits per heavy atom. The van der Waals surface area contributed by atoms with E-state index in [1.807, 2.05) is 55.5 Å². The summed E-state index contributed by atoms with van der Waals surface area (Å²) in [7, 11) is 0. The molecule has 0 fully saturated rings. The van der Waals surface area contributed by atoms with Crippen LogP contribution in [0.2, 0.25) is 0 Å². The van der Waals surface area contributed by atoms with Crippen molar-refractivity contribution < 1.29 is 9.90 Å². The van der Waals surface area contributed by atoms with Crippen molar-refractivity contribution in [3.63, 3.8) is 0 Å². The number of allylic oxidation sites excluding steroid dienone is 1. The van der Waals surface area contributed by atoms with E-state index in [0.717, 1.165) is 16.0 Å². The molecule has 118 valence electrons. The molecule has 2 aromatic rings. The maximum absolute atomic E-state index is 11.2. The molecule has 0 radical (unpaired) electrons. The molecule has 0 aromatic heterocycles. The van der Waals surface area contributed by atoms with E-state index in [2.05, 4.69) is 17.6 Å². The van der Waals surface area contributed by atoms with Crippen molar-refractivity contribution in [2.75, 3.05) is 0 Å². The Morgan fingerprint density at radius 2 is 1.83 bits per heavy atom. The largest absolute Gasteiger partial charge is 0.477 e. The van der Waals surface area contributed by atoms with Gasteiger partial charge in [0.2, 0.25) is 0 Å². The van der Waals surface area contributed by atoms with Gasteiger partial charge < -0.3 is 10.8 Å². The third kappa shape index (κ3) is 4.02. The van der Waals surface area contributed by atoms with E-state index in [-0.39, 0.29) is 5.70 Å². The Hall–Kier alpha value is -2.53. The van der Waals surface area contributed by atoms with Crippen molar-refractivity contribution in [1.29, 1.82) is 0 Å². The number of aliphatic carboxylic acids is 1. The van der Waals surface area contributed by atoms with Crippen LogP contribution in [0, 0.1) is 6.92 Å². The molecular weight excluding hydrogens is 308 g/mol. The van der Waals surface area contributed by atoms with Crippen molar-refractivity contribution in [2.24, 2.45) is 10.7 Å². The lowest BCUT2D eigenvalue weighted by Gasteiger charge is -2.11. The number of rotatable bonds is 4. The zero-order valence-electron chi connectivity index (χ0n) is 12.9. The molecule has 0 saturated heterocycles. The second kappa shape index (κ2) is 7.15. The normalized spacial score (nSPS) is 12.7. The van der Waals surface area contributed by atoms with Gasteiger partial charge in [0, 0.05) is 16.0 Å². The van der Waals surface area contributed by atoms with Gasteiger partial charge in [-0.2, -0.15) is 0 Å². The van der Waals surface area contributed by atoms with Crippen LogP contribution >= 0.6 is 12.6 Å². The molecule has 3 N–H and O–H groups in total. The van der Waals surface area contributed by atoms with Crippen LogP contribution in [0.3, 0.4) is 0 Å². The van der Waals surface area contributed by atoms with Crippen LogP contribution in [-0.4, -0.2) is 16.8 Å². The highest BCUT2D eigenvalue weighted by Crippen LogP contribution is 2.26. The summed E-state index contributed by atoms with van der Waals surface area (Å²) in [4.78, 5) is 16.5. The first kappa shape index (κ1) is 16.8. The molecule has 0 unspecified atom stereocenters. The van der Waals surface area contributed by atoms with E-state index in [1.54, 1.807) is 6.92 Å². The third-order valence-electron chi connectivity index (χ3n) is 3.40. The summed E-state index contributed by atoms with van der Waals surface area (Å²) < 4.78 is 0. The fourth-order valence-corrected chi connectivity index (χ4v) is 2.43. The number of carboxylic acids is 1. The molecule has 23 heavy (non-hydrogen) atoms.